The van der Waals surface area contributed by atoms with Crippen molar-refractivity contribution in [1.82, 2.24) is 24.6 Å². The minimum atomic E-state index is -1.05. The summed E-state index contributed by atoms with van der Waals surface area (Å²) in [4.78, 5) is 29.1. The topological polar surface area (TPSA) is 101 Å². The molecule has 1 aliphatic heterocycles. The lowest BCUT2D eigenvalue weighted by Gasteiger charge is -2.26. The fourth-order valence-electron chi connectivity index (χ4n) is 2.31. The van der Waals surface area contributed by atoms with Crippen LogP contribution in [0.2, 0.25) is 0 Å². The van der Waals surface area contributed by atoms with Crippen molar-refractivity contribution < 1.29 is 14.7 Å². The second-order valence-corrected chi connectivity index (χ2v) is 4.80. The van der Waals surface area contributed by atoms with Crippen LogP contribution in [0.3, 0.4) is 0 Å². The molecular weight excluding hydrogens is 274 g/mol. The number of carbonyl (C=O) groups is 2. The van der Waals surface area contributed by atoms with Gasteiger partial charge in [0, 0.05) is 13.1 Å². The number of aromatic nitrogens is 4. The minimum Gasteiger partial charge on any atom is -0.478 e. The Labute approximate surface area is 120 Å². The fraction of sp³-hybridized carbons (Fsp3) is 0.308. The zero-order valence-corrected chi connectivity index (χ0v) is 11.4. The number of aryl methyl sites for hydroxylation is 1. The summed E-state index contributed by atoms with van der Waals surface area (Å²) in [6.07, 6.45) is 1.64. The Balaban J connectivity index is 1.83. The Morgan fingerprint density at radius 1 is 1.29 bits per heavy atom. The van der Waals surface area contributed by atoms with Gasteiger partial charge in [0.25, 0.3) is 5.91 Å². The maximum atomic E-state index is 12.4. The SMILES string of the molecule is Cc1nc(C(=O)N2CCn3cnnc3C2)ccc1C(=O)O. The lowest BCUT2D eigenvalue weighted by atomic mass is 10.1. The van der Waals surface area contributed by atoms with Gasteiger partial charge in [-0.2, -0.15) is 0 Å². The van der Waals surface area contributed by atoms with Gasteiger partial charge in [-0.3, -0.25) is 4.79 Å². The fourth-order valence-corrected chi connectivity index (χ4v) is 2.31. The lowest BCUT2D eigenvalue weighted by molar-refractivity contribution is 0.0682. The molecule has 0 spiro atoms. The molecule has 1 aliphatic rings. The van der Waals surface area contributed by atoms with E-state index in [9.17, 15) is 9.59 Å². The zero-order valence-electron chi connectivity index (χ0n) is 11.4. The average Bonchev–Trinajstić information content (AvgIpc) is 2.93. The molecular formula is C13H13N5O3. The number of nitrogens with zero attached hydrogens (tertiary/aromatic N) is 5. The second-order valence-electron chi connectivity index (χ2n) is 4.80. The molecule has 8 heteroatoms. The van der Waals surface area contributed by atoms with Gasteiger partial charge in [0.2, 0.25) is 0 Å². The number of fused-ring (bicyclic) bond motifs is 1. The zero-order chi connectivity index (χ0) is 15.0. The highest BCUT2D eigenvalue weighted by Gasteiger charge is 2.24. The number of amides is 1. The van der Waals surface area contributed by atoms with E-state index in [1.54, 1.807) is 18.2 Å². The smallest absolute Gasteiger partial charge is 0.337 e. The lowest BCUT2D eigenvalue weighted by Crippen LogP contribution is -2.38. The van der Waals surface area contributed by atoms with Gasteiger partial charge in [-0.25, -0.2) is 9.78 Å². The number of pyridine rings is 1. The normalized spacial score (nSPS) is 13.9. The van der Waals surface area contributed by atoms with Crippen molar-refractivity contribution in [2.45, 2.75) is 20.0 Å². The maximum Gasteiger partial charge on any atom is 0.337 e. The molecule has 0 aliphatic carbocycles. The molecule has 0 fully saturated rings. The number of hydrogen-bond acceptors (Lipinski definition) is 5. The van der Waals surface area contributed by atoms with Gasteiger partial charge in [0.05, 0.1) is 17.8 Å². The molecule has 3 heterocycles. The number of rotatable bonds is 2. The van der Waals surface area contributed by atoms with Crippen molar-refractivity contribution in [3.63, 3.8) is 0 Å². The van der Waals surface area contributed by atoms with E-state index in [1.807, 2.05) is 4.57 Å². The molecule has 0 saturated heterocycles. The summed E-state index contributed by atoms with van der Waals surface area (Å²) >= 11 is 0. The van der Waals surface area contributed by atoms with E-state index in [-0.39, 0.29) is 17.2 Å². The largest absolute Gasteiger partial charge is 0.478 e. The van der Waals surface area contributed by atoms with Crippen LogP contribution in [0, 0.1) is 6.92 Å². The quantitative estimate of drug-likeness (QED) is 0.854. The standard InChI is InChI=1S/C13H13N5O3/c1-8-9(13(20)21)2-3-10(15-8)12(19)17-4-5-18-7-14-16-11(18)6-17/h2-3,7H,4-6H2,1H3,(H,20,21). The Morgan fingerprint density at radius 3 is 2.81 bits per heavy atom. The number of carboxylic acids is 1. The highest BCUT2D eigenvalue weighted by atomic mass is 16.4. The van der Waals surface area contributed by atoms with Gasteiger partial charge < -0.3 is 14.6 Å². The van der Waals surface area contributed by atoms with Crippen LogP contribution in [0.1, 0.15) is 32.4 Å². The molecule has 3 rings (SSSR count). The number of carbonyl (C=O) groups excluding carboxylic acids is 1. The highest BCUT2D eigenvalue weighted by molar-refractivity contribution is 5.94. The molecule has 0 radical (unpaired) electrons. The van der Waals surface area contributed by atoms with Crippen LogP contribution in [0.25, 0.3) is 0 Å². The predicted octanol–water partition coefficient (Wildman–Crippen LogP) is 0.336. The van der Waals surface area contributed by atoms with E-state index >= 15 is 0 Å². The first-order valence-electron chi connectivity index (χ1n) is 6.43. The molecule has 1 N–H and O–H groups in total. The monoisotopic (exact) mass is 287 g/mol. The third-order valence-electron chi connectivity index (χ3n) is 3.46. The molecule has 108 valence electrons. The molecule has 2 aromatic rings. The van der Waals surface area contributed by atoms with E-state index in [0.717, 1.165) is 5.82 Å². The molecule has 21 heavy (non-hydrogen) atoms. The first-order chi connectivity index (χ1) is 10.1. The predicted molar refractivity (Wildman–Crippen MR) is 70.7 cm³/mol. The highest BCUT2D eigenvalue weighted by Crippen LogP contribution is 2.14. The molecule has 0 atom stereocenters. The van der Waals surface area contributed by atoms with Crippen LogP contribution in [-0.4, -0.2) is 48.2 Å². The summed E-state index contributed by atoms with van der Waals surface area (Å²) in [5.74, 6) is -0.553. The van der Waals surface area contributed by atoms with Crippen molar-refractivity contribution in [2.75, 3.05) is 6.54 Å². The number of carboxylic acid groups (broad SMARTS) is 1. The van der Waals surface area contributed by atoms with Crippen molar-refractivity contribution in [3.8, 4) is 0 Å². The minimum absolute atomic E-state index is 0.102. The van der Waals surface area contributed by atoms with Crippen LogP contribution < -0.4 is 0 Å². The van der Waals surface area contributed by atoms with Gasteiger partial charge in [-0.05, 0) is 19.1 Å². The molecule has 0 bridgehead atoms. The summed E-state index contributed by atoms with van der Waals surface area (Å²) in [6, 6.07) is 2.85. The van der Waals surface area contributed by atoms with Gasteiger partial charge in [-0.1, -0.05) is 0 Å². The van der Waals surface area contributed by atoms with Gasteiger partial charge in [-0.15, -0.1) is 10.2 Å². The van der Waals surface area contributed by atoms with E-state index in [2.05, 4.69) is 15.2 Å². The Hall–Kier alpha value is -2.77. The molecule has 0 saturated carbocycles. The summed E-state index contributed by atoms with van der Waals surface area (Å²) in [5, 5.41) is 16.7. The van der Waals surface area contributed by atoms with Crippen LogP contribution in [0.5, 0.6) is 0 Å². The van der Waals surface area contributed by atoms with Gasteiger partial charge >= 0.3 is 5.97 Å². The van der Waals surface area contributed by atoms with Crippen LogP contribution in [0.15, 0.2) is 18.5 Å². The van der Waals surface area contributed by atoms with E-state index in [1.165, 1.54) is 12.1 Å². The van der Waals surface area contributed by atoms with Crippen molar-refractivity contribution >= 4 is 11.9 Å². The summed E-state index contributed by atoms with van der Waals surface area (Å²) in [5.41, 5.74) is 0.670. The summed E-state index contributed by atoms with van der Waals surface area (Å²) < 4.78 is 1.90. The summed E-state index contributed by atoms with van der Waals surface area (Å²) in [6.45, 7) is 3.14. The van der Waals surface area contributed by atoms with Gasteiger partial charge in [0.1, 0.15) is 12.0 Å². The summed E-state index contributed by atoms with van der Waals surface area (Å²) in [7, 11) is 0. The third kappa shape index (κ3) is 2.35. The Kier molecular flexibility index (Phi) is 3.13. The molecule has 0 unspecified atom stereocenters. The Morgan fingerprint density at radius 2 is 2.10 bits per heavy atom. The molecule has 8 nitrogen and oxygen atoms in total. The van der Waals surface area contributed by atoms with Crippen molar-refractivity contribution in [2.24, 2.45) is 0 Å². The van der Waals surface area contributed by atoms with E-state index in [0.29, 0.717) is 25.3 Å². The molecule has 0 aromatic carbocycles. The van der Waals surface area contributed by atoms with Crippen LogP contribution in [-0.2, 0) is 13.1 Å². The van der Waals surface area contributed by atoms with Gasteiger partial charge in [0.15, 0.2) is 5.82 Å². The second kappa shape index (κ2) is 4.97. The number of hydrogen-bond donors (Lipinski definition) is 1. The maximum absolute atomic E-state index is 12.4. The van der Waals surface area contributed by atoms with Crippen LogP contribution >= 0.6 is 0 Å². The molecule has 1 amide bonds. The Bertz CT molecular complexity index is 724. The molecule has 2 aromatic heterocycles. The van der Waals surface area contributed by atoms with Crippen molar-refractivity contribution in [3.05, 3.63) is 41.2 Å². The van der Waals surface area contributed by atoms with Crippen LogP contribution in [0.4, 0.5) is 0 Å². The first-order valence-corrected chi connectivity index (χ1v) is 6.43. The number of aromatic carboxylic acids is 1. The first kappa shape index (κ1) is 13.2. The van der Waals surface area contributed by atoms with E-state index in [4.69, 9.17) is 5.11 Å². The van der Waals surface area contributed by atoms with E-state index < -0.39 is 5.97 Å². The third-order valence-corrected chi connectivity index (χ3v) is 3.46. The van der Waals surface area contributed by atoms with Crippen molar-refractivity contribution in [1.29, 1.82) is 0 Å². The average molecular weight is 287 g/mol.